The third kappa shape index (κ3) is 2.76. The van der Waals surface area contributed by atoms with E-state index in [-0.39, 0.29) is 30.1 Å². The van der Waals surface area contributed by atoms with E-state index in [9.17, 15) is 9.59 Å². The molecular formula is C18H24N4O3. The van der Waals surface area contributed by atoms with E-state index in [0.29, 0.717) is 13.0 Å². The van der Waals surface area contributed by atoms with Crippen LogP contribution in [0, 0.1) is 6.92 Å². The van der Waals surface area contributed by atoms with Crippen molar-refractivity contribution >= 4 is 17.8 Å². The number of urea groups is 1. The topological polar surface area (TPSA) is 66.0 Å². The van der Waals surface area contributed by atoms with Crippen molar-refractivity contribution in [1.29, 1.82) is 0 Å². The van der Waals surface area contributed by atoms with Gasteiger partial charge in [-0.25, -0.2) is 9.78 Å². The van der Waals surface area contributed by atoms with Crippen LogP contribution in [0.5, 0.6) is 0 Å². The van der Waals surface area contributed by atoms with Crippen LogP contribution in [0.4, 0.5) is 10.6 Å². The third-order valence-electron chi connectivity index (χ3n) is 5.60. The summed E-state index contributed by atoms with van der Waals surface area (Å²) in [5, 5.41) is 0. The van der Waals surface area contributed by atoms with E-state index >= 15 is 0 Å². The molecule has 3 aliphatic heterocycles. The largest absolute Gasteiger partial charge is 0.380 e. The smallest absolute Gasteiger partial charge is 0.327 e. The lowest BCUT2D eigenvalue weighted by Gasteiger charge is -2.36. The van der Waals surface area contributed by atoms with E-state index < -0.39 is 0 Å². The molecule has 0 spiro atoms. The first kappa shape index (κ1) is 16.3. The summed E-state index contributed by atoms with van der Waals surface area (Å²) in [7, 11) is 1.63. The fourth-order valence-electron chi connectivity index (χ4n) is 4.20. The lowest BCUT2D eigenvalue weighted by atomic mass is 10.0. The Kier molecular flexibility index (Phi) is 4.11. The number of carbonyl (C=O) groups is 2. The Hall–Kier alpha value is -2.15. The number of aromatic nitrogens is 1. The van der Waals surface area contributed by atoms with Crippen LogP contribution in [0.1, 0.15) is 25.0 Å². The number of amides is 3. The predicted molar refractivity (Wildman–Crippen MR) is 92.4 cm³/mol. The van der Waals surface area contributed by atoms with Gasteiger partial charge in [-0.2, -0.15) is 0 Å². The molecule has 0 bridgehead atoms. The summed E-state index contributed by atoms with van der Waals surface area (Å²) in [6, 6.07) is 5.54. The Morgan fingerprint density at radius 3 is 2.60 bits per heavy atom. The lowest BCUT2D eigenvalue weighted by Crippen LogP contribution is -2.49. The highest BCUT2D eigenvalue weighted by Gasteiger charge is 2.52. The number of piperidine rings is 1. The van der Waals surface area contributed by atoms with Gasteiger partial charge in [0.05, 0.1) is 6.10 Å². The summed E-state index contributed by atoms with van der Waals surface area (Å²) in [5.74, 6) is 0.928. The van der Waals surface area contributed by atoms with E-state index in [1.54, 1.807) is 12.0 Å². The summed E-state index contributed by atoms with van der Waals surface area (Å²) in [6.45, 7) is 4.12. The van der Waals surface area contributed by atoms with Gasteiger partial charge in [0.2, 0.25) is 0 Å². The molecule has 3 fully saturated rings. The van der Waals surface area contributed by atoms with Crippen molar-refractivity contribution in [3.63, 3.8) is 0 Å². The second-order valence-electron chi connectivity index (χ2n) is 7.11. The molecule has 1 aromatic rings. The number of rotatable bonds is 3. The number of imide groups is 1. The zero-order chi connectivity index (χ0) is 17.6. The second-order valence-corrected chi connectivity index (χ2v) is 7.11. The molecule has 4 rings (SSSR count). The zero-order valence-electron chi connectivity index (χ0n) is 14.7. The molecule has 7 nitrogen and oxygen atoms in total. The molecule has 3 saturated heterocycles. The van der Waals surface area contributed by atoms with E-state index in [0.717, 1.165) is 37.4 Å². The second kappa shape index (κ2) is 6.29. The summed E-state index contributed by atoms with van der Waals surface area (Å²) in [6.07, 6.45) is 2.18. The number of hydrogen-bond donors (Lipinski definition) is 0. The maximum atomic E-state index is 12.7. The van der Waals surface area contributed by atoms with Gasteiger partial charge >= 0.3 is 6.03 Å². The number of carbonyl (C=O) groups excluding carboxylic acids is 2. The van der Waals surface area contributed by atoms with Crippen molar-refractivity contribution in [3.05, 3.63) is 23.9 Å². The summed E-state index contributed by atoms with van der Waals surface area (Å²) in [5.41, 5.74) is 0.998. The quantitative estimate of drug-likeness (QED) is 0.776. The molecule has 0 N–H and O–H groups in total. The van der Waals surface area contributed by atoms with Gasteiger partial charge in [0.15, 0.2) is 0 Å². The lowest BCUT2D eigenvalue weighted by molar-refractivity contribution is -0.130. The van der Waals surface area contributed by atoms with Gasteiger partial charge in [0, 0.05) is 44.9 Å². The van der Waals surface area contributed by atoms with Crippen molar-refractivity contribution in [2.24, 2.45) is 0 Å². The molecule has 0 aromatic carbocycles. The van der Waals surface area contributed by atoms with E-state index in [4.69, 9.17) is 4.74 Å². The van der Waals surface area contributed by atoms with Gasteiger partial charge < -0.3 is 14.5 Å². The first-order valence-electron chi connectivity index (χ1n) is 8.93. The van der Waals surface area contributed by atoms with E-state index in [1.165, 1.54) is 4.90 Å². The Balaban J connectivity index is 1.42. The minimum absolute atomic E-state index is 0.00680. The van der Waals surface area contributed by atoms with Crippen molar-refractivity contribution in [3.8, 4) is 0 Å². The van der Waals surface area contributed by atoms with Crippen LogP contribution in [-0.2, 0) is 9.53 Å². The summed E-state index contributed by atoms with van der Waals surface area (Å²) >= 11 is 0. The van der Waals surface area contributed by atoms with Crippen LogP contribution in [0.25, 0.3) is 0 Å². The SMILES string of the molecule is CO[C@@H]1C[C@@H]2C(=O)N(C3CCN(c4cccc(C)n4)CC3)C(=O)N2C1. The van der Waals surface area contributed by atoms with Crippen molar-refractivity contribution in [2.45, 2.75) is 44.4 Å². The highest BCUT2D eigenvalue weighted by molar-refractivity contribution is 6.05. The molecule has 3 aliphatic rings. The fourth-order valence-corrected chi connectivity index (χ4v) is 4.20. The van der Waals surface area contributed by atoms with Gasteiger partial charge in [-0.3, -0.25) is 9.69 Å². The summed E-state index contributed by atoms with van der Waals surface area (Å²) in [4.78, 5) is 35.4. The maximum Gasteiger partial charge on any atom is 0.327 e. The molecule has 134 valence electrons. The third-order valence-corrected chi connectivity index (χ3v) is 5.60. The Morgan fingerprint density at radius 1 is 1.20 bits per heavy atom. The van der Waals surface area contributed by atoms with Gasteiger partial charge in [0.1, 0.15) is 11.9 Å². The first-order valence-corrected chi connectivity index (χ1v) is 8.93. The van der Waals surface area contributed by atoms with Crippen LogP contribution in [-0.4, -0.2) is 71.7 Å². The number of anilines is 1. The van der Waals surface area contributed by atoms with Crippen molar-refractivity contribution in [2.75, 3.05) is 31.6 Å². The normalized spacial score (nSPS) is 27.4. The Bertz CT molecular complexity index is 663. The Morgan fingerprint density at radius 2 is 1.96 bits per heavy atom. The van der Waals surface area contributed by atoms with E-state index in [1.807, 2.05) is 25.1 Å². The molecule has 0 unspecified atom stereocenters. The number of hydrogen-bond acceptors (Lipinski definition) is 5. The minimum atomic E-state index is -0.325. The standard InChI is InChI=1S/C18H24N4O3/c1-12-4-3-5-16(19-12)20-8-6-13(7-9-20)22-17(23)15-10-14(25-2)11-21(15)18(22)24/h3-5,13-15H,6-11H2,1-2H3/t14-,15-/m1/s1. The molecule has 4 heterocycles. The number of ether oxygens (including phenoxy) is 1. The van der Waals surface area contributed by atoms with Gasteiger partial charge in [0.25, 0.3) is 5.91 Å². The molecule has 0 saturated carbocycles. The van der Waals surface area contributed by atoms with Gasteiger partial charge in [-0.05, 0) is 31.9 Å². The van der Waals surface area contributed by atoms with Gasteiger partial charge in [-0.1, -0.05) is 6.07 Å². The van der Waals surface area contributed by atoms with E-state index in [2.05, 4.69) is 9.88 Å². The fraction of sp³-hybridized carbons (Fsp3) is 0.611. The number of methoxy groups -OCH3 is 1. The van der Waals surface area contributed by atoms with Crippen LogP contribution in [0.15, 0.2) is 18.2 Å². The highest BCUT2D eigenvalue weighted by Crippen LogP contribution is 2.33. The van der Waals surface area contributed by atoms with Crippen molar-refractivity contribution < 1.29 is 14.3 Å². The number of fused-ring (bicyclic) bond motifs is 1. The molecule has 2 atom stereocenters. The highest BCUT2D eigenvalue weighted by atomic mass is 16.5. The van der Waals surface area contributed by atoms with Crippen LogP contribution in [0.2, 0.25) is 0 Å². The molecule has 0 aliphatic carbocycles. The number of pyridine rings is 1. The first-order chi connectivity index (χ1) is 12.1. The number of nitrogens with zero attached hydrogens (tertiary/aromatic N) is 4. The van der Waals surface area contributed by atoms with Crippen molar-refractivity contribution in [1.82, 2.24) is 14.8 Å². The van der Waals surface area contributed by atoms with Crippen LogP contribution >= 0.6 is 0 Å². The molecule has 3 amide bonds. The molecular weight excluding hydrogens is 320 g/mol. The molecule has 7 heteroatoms. The average molecular weight is 344 g/mol. The van der Waals surface area contributed by atoms with Crippen LogP contribution < -0.4 is 4.90 Å². The Labute approximate surface area is 147 Å². The number of aryl methyl sites for hydroxylation is 1. The maximum absolute atomic E-state index is 12.7. The predicted octanol–water partition coefficient (Wildman–Crippen LogP) is 1.41. The monoisotopic (exact) mass is 344 g/mol. The van der Waals surface area contributed by atoms with Crippen LogP contribution in [0.3, 0.4) is 0 Å². The molecule has 25 heavy (non-hydrogen) atoms. The van der Waals surface area contributed by atoms with Gasteiger partial charge in [-0.15, -0.1) is 0 Å². The summed E-state index contributed by atoms with van der Waals surface area (Å²) < 4.78 is 5.32. The average Bonchev–Trinajstić information content (AvgIpc) is 3.15. The molecule has 1 aromatic heterocycles. The zero-order valence-corrected chi connectivity index (χ0v) is 14.7. The molecule has 0 radical (unpaired) electrons. The minimum Gasteiger partial charge on any atom is -0.380 e.